The molecule has 0 amide bonds. The minimum absolute atomic E-state index is 0.394. The number of fused-ring (bicyclic) bond motifs is 1. The molecule has 1 aliphatic carbocycles. The molecule has 1 saturated carbocycles. The van der Waals surface area contributed by atoms with E-state index in [9.17, 15) is 0 Å². The summed E-state index contributed by atoms with van der Waals surface area (Å²) < 4.78 is 0.465. The van der Waals surface area contributed by atoms with E-state index < -0.39 is 0 Å². The van der Waals surface area contributed by atoms with Crippen LogP contribution in [0.2, 0.25) is 5.28 Å². The van der Waals surface area contributed by atoms with Crippen molar-refractivity contribution in [2.24, 2.45) is 0 Å². The molecule has 0 aromatic carbocycles. The van der Waals surface area contributed by atoms with Crippen molar-refractivity contribution < 1.29 is 0 Å². The zero-order valence-corrected chi connectivity index (χ0v) is 9.58. The number of nitrogens with zero attached hydrogens (tertiary/aromatic N) is 2. The highest BCUT2D eigenvalue weighted by atomic mass is 35.5. The van der Waals surface area contributed by atoms with Gasteiger partial charge in [0.25, 0.3) is 0 Å². The minimum Gasteiger partial charge on any atom is -0.223 e. The normalized spacial score (nSPS) is 22.1. The Morgan fingerprint density at radius 1 is 1.36 bits per heavy atom. The quantitative estimate of drug-likeness (QED) is 0.503. The predicted molar refractivity (Wildman–Crippen MR) is 57.9 cm³/mol. The van der Waals surface area contributed by atoms with Crippen LogP contribution in [-0.4, -0.2) is 14.7 Å². The molecule has 0 saturated heterocycles. The van der Waals surface area contributed by atoms with Gasteiger partial charge in [-0.25, -0.2) is 9.97 Å². The van der Waals surface area contributed by atoms with Crippen molar-refractivity contribution in [3.05, 3.63) is 16.5 Å². The third kappa shape index (κ3) is 1.18. The van der Waals surface area contributed by atoms with Gasteiger partial charge in [0, 0.05) is 16.0 Å². The molecular formula is C10H11ClN2S. The first-order chi connectivity index (χ1) is 6.69. The lowest BCUT2D eigenvalue weighted by Crippen LogP contribution is -2.32. The molecule has 1 aliphatic heterocycles. The van der Waals surface area contributed by atoms with Gasteiger partial charge in [-0.15, -0.1) is 0 Å². The highest BCUT2D eigenvalue weighted by Gasteiger charge is 2.44. The second kappa shape index (κ2) is 2.86. The molecule has 2 heterocycles. The lowest BCUT2D eigenvalue weighted by Gasteiger charge is -2.36. The molecule has 2 aliphatic rings. The topological polar surface area (TPSA) is 25.8 Å². The highest BCUT2D eigenvalue weighted by molar-refractivity contribution is 8.01. The van der Waals surface area contributed by atoms with Crippen LogP contribution in [-0.2, 0) is 6.42 Å². The van der Waals surface area contributed by atoms with Crippen LogP contribution in [0, 0.1) is 6.92 Å². The fourth-order valence-corrected chi connectivity index (χ4v) is 4.09. The molecule has 1 spiro atoms. The second-order valence-electron chi connectivity index (χ2n) is 4.18. The van der Waals surface area contributed by atoms with Crippen LogP contribution in [0.4, 0.5) is 0 Å². The average Bonchev–Trinajstić information content (AvgIpc) is 2.42. The van der Waals surface area contributed by atoms with Gasteiger partial charge in [0.15, 0.2) is 0 Å². The Kier molecular flexibility index (Phi) is 1.83. The van der Waals surface area contributed by atoms with Crippen LogP contribution in [0.5, 0.6) is 0 Å². The van der Waals surface area contributed by atoms with Crippen molar-refractivity contribution in [3.63, 3.8) is 0 Å². The van der Waals surface area contributed by atoms with E-state index in [2.05, 4.69) is 9.97 Å². The fourth-order valence-electron chi connectivity index (χ4n) is 2.24. The second-order valence-corrected chi connectivity index (χ2v) is 5.97. The van der Waals surface area contributed by atoms with Gasteiger partial charge in [-0.05, 0) is 37.8 Å². The van der Waals surface area contributed by atoms with Crippen LogP contribution in [0.1, 0.15) is 30.5 Å². The van der Waals surface area contributed by atoms with Crippen LogP contribution in [0.25, 0.3) is 0 Å². The SMILES string of the molecule is Cc1nc(Cl)nc2c1CC1(CCC1)S2. The van der Waals surface area contributed by atoms with Gasteiger partial charge in [0.05, 0.1) is 0 Å². The number of rotatable bonds is 0. The van der Waals surface area contributed by atoms with E-state index in [1.165, 1.54) is 24.8 Å². The van der Waals surface area contributed by atoms with E-state index in [0.717, 1.165) is 17.1 Å². The molecule has 74 valence electrons. The zero-order valence-electron chi connectivity index (χ0n) is 8.01. The van der Waals surface area contributed by atoms with Crippen LogP contribution >= 0.6 is 23.4 Å². The first-order valence-corrected chi connectivity index (χ1v) is 6.10. The number of halogens is 1. The number of hydrogen-bond donors (Lipinski definition) is 0. The van der Waals surface area contributed by atoms with Gasteiger partial charge < -0.3 is 0 Å². The Morgan fingerprint density at radius 3 is 2.79 bits per heavy atom. The third-order valence-corrected chi connectivity index (χ3v) is 4.91. The maximum absolute atomic E-state index is 5.85. The van der Waals surface area contributed by atoms with E-state index in [0.29, 0.717) is 10.0 Å². The van der Waals surface area contributed by atoms with E-state index in [-0.39, 0.29) is 0 Å². The monoisotopic (exact) mass is 226 g/mol. The maximum atomic E-state index is 5.85. The standard InChI is InChI=1S/C10H11ClN2S/c1-6-7-5-10(3-2-4-10)14-8(7)13-9(11)12-6/h2-5H2,1H3. The summed E-state index contributed by atoms with van der Waals surface area (Å²) in [5.41, 5.74) is 2.40. The fraction of sp³-hybridized carbons (Fsp3) is 0.600. The minimum atomic E-state index is 0.394. The Bertz CT molecular complexity index is 401. The van der Waals surface area contributed by atoms with Crippen LogP contribution in [0.3, 0.4) is 0 Å². The molecule has 2 nitrogen and oxygen atoms in total. The summed E-state index contributed by atoms with van der Waals surface area (Å²) in [6.45, 7) is 2.03. The van der Waals surface area contributed by atoms with Crippen LogP contribution in [0.15, 0.2) is 5.03 Å². The largest absolute Gasteiger partial charge is 0.223 e. The van der Waals surface area contributed by atoms with Gasteiger partial charge in [-0.3, -0.25) is 0 Å². The van der Waals surface area contributed by atoms with Crippen molar-refractivity contribution >= 4 is 23.4 Å². The first kappa shape index (κ1) is 8.98. The molecule has 1 aromatic heterocycles. The first-order valence-electron chi connectivity index (χ1n) is 4.91. The Labute approximate surface area is 92.5 Å². The van der Waals surface area contributed by atoms with Crippen molar-refractivity contribution in [2.75, 3.05) is 0 Å². The number of thioether (sulfide) groups is 1. The van der Waals surface area contributed by atoms with Gasteiger partial charge in [0.1, 0.15) is 5.03 Å². The van der Waals surface area contributed by atoms with Gasteiger partial charge in [0.2, 0.25) is 5.28 Å². The highest BCUT2D eigenvalue weighted by Crippen LogP contribution is 2.55. The number of hydrogen-bond acceptors (Lipinski definition) is 3. The van der Waals surface area contributed by atoms with Crippen LogP contribution < -0.4 is 0 Å². The Hall–Kier alpha value is -0.280. The molecule has 1 fully saturated rings. The smallest absolute Gasteiger partial charge is 0.223 e. The van der Waals surface area contributed by atoms with Crippen molar-refractivity contribution in [2.45, 2.75) is 42.4 Å². The molecule has 0 atom stereocenters. The van der Waals surface area contributed by atoms with Crippen molar-refractivity contribution in [3.8, 4) is 0 Å². The van der Waals surface area contributed by atoms with Crippen molar-refractivity contribution in [1.82, 2.24) is 9.97 Å². The molecular weight excluding hydrogens is 216 g/mol. The van der Waals surface area contributed by atoms with Gasteiger partial charge in [-0.1, -0.05) is 18.2 Å². The molecule has 1 aromatic rings. The zero-order chi connectivity index (χ0) is 9.76. The van der Waals surface area contributed by atoms with E-state index in [4.69, 9.17) is 11.6 Å². The van der Waals surface area contributed by atoms with E-state index in [1.54, 1.807) is 0 Å². The Morgan fingerprint density at radius 2 is 2.14 bits per heavy atom. The molecule has 0 N–H and O–H groups in total. The Balaban J connectivity index is 2.05. The molecule has 4 heteroatoms. The predicted octanol–water partition coefficient (Wildman–Crippen LogP) is 3.01. The summed E-state index contributed by atoms with van der Waals surface area (Å²) in [6, 6.07) is 0. The van der Waals surface area contributed by atoms with Gasteiger partial charge >= 0.3 is 0 Å². The summed E-state index contributed by atoms with van der Waals surface area (Å²) in [7, 11) is 0. The third-order valence-electron chi connectivity index (χ3n) is 3.23. The number of aryl methyl sites for hydroxylation is 1. The molecule has 0 radical (unpaired) electrons. The average molecular weight is 227 g/mol. The van der Waals surface area contributed by atoms with E-state index >= 15 is 0 Å². The lowest BCUT2D eigenvalue weighted by molar-refractivity contribution is 0.366. The summed E-state index contributed by atoms with van der Waals surface area (Å²) >= 11 is 7.77. The maximum Gasteiger partial charge on any atom is 0.223 e. The molecule has 0 unspecified atom stereocenters. The lowest BCUT2D eigenvalue weighted by atomic mass is 9.80. The summed E-state index contributed by atoms with van der Waals surface area (Å²) in [5, 5.41) is 1.52. The molecule has 14 heavy (non-hydrogen) atoms. The summed E-state index contributed by atoms with van der Waals surface area (Å²) in [4.78, 5) is 8.52. The van der Waals surface area contributed by atoms with Crippen molar-refractivity contribution in [1.29, 1.82) is 0 Å². The summed E-state index contributed by atoms with van der Waals surface area (Å²) in [5.74, 6) is 0. The molecule has 0 bridgehead atoms. The van der Waals surface area contributed by atoms with Gasteiger partial charge in [-0.2, -0.15) is 0 Å². The number of aromatic nitrogens is 2. The molecule has 3 rings (SSSR count). The summed E-state index contributed by atoms with van der Waals surface area (Å²) in [6.07, 6.45) is 5.16. The van der Waals surface area contributed by atoms with E-state index in [1.807, 2.05) is 18.7 Å².